The van der Waals surface area contributed by atoms with Crippen LogP contribution in [0.2, 0.25) is 5.15 Å². The number of carbonyl (C=O) groups excluding carboxylic acids is 1. The van der Waals surface area contributed by atoms with Crippen molar-refractivity contribution in [3.05, 3.63) is 16.4 Å². The molecule has 4 rings (SSSR count). The Bertz CT molecular complexity index is 606. The van der Waals surface area contributed by atoms with E-state index in [4.69, 9.17) is 11.6 Å². The lowest BCUT2D eigenvalue weighted by Crippen LogP contribution is -2.33. The number of halogens is 1. The molecule has 2 saturated carbocycles. The fraction of sp³-hybridized carbons (Fsp3) is 0.778. The standard InChI is InChI=1S/C18H26ClN3O/c1-11-17(18(19)21(2)20-11)15-4-3-9-22(15)16(23)10-14(12-5-6-12)13-7-8-13/h12-15H,3-10H2,1-2H3/t15-/m1/s1. The van der Waals surface area contributed by atoms with Gasteiger partial charge in [-0.3, -0.25) is 9.48 Å². The zero-order valence-electron chi connectivity index (χ0n) is 14.1. The van der Waals surface area contributed by atoms with E-state index in [1.165, 1.54) is 25.7 Å². The summed E-state index contributed by atoms with van der Waals surface area (Å²) in [6.45, 7) is 2.87. The smallest absolute Gasteiger partial charge is 0.223 e. The predicted octanol–water partition coefficient (Wildman–Crippen LogP) is 3.87. The van der Waals surface area contributed by atoms with Crippen molar-refractivity contribution in [1.29, 1.82) is 0 Å². The van der Waals surface area contributed by atoms with E-state index in [-0.39, 0.29) is 6.04 Å². The second-order valence-corrected chi connectivity index (χ2v) is 8.06. The van der Waals surface area contributed by atoms with E-state index in [0.29, 0.717) is 17.0 Å². The molecule has 5 heteroatoms. The van der Waals surface area contributed by atoms with Gasteiger partial charge in [0, 0.05) is 25.6 Å². The average molecular weight is 336 g/mol. The van der Waals surface area contributed by atoms with Crippen molar-refractivity contribution in [3.63, 3.8) is 0 Å². The van der Waals surface area contributed by atoms with Crippen molar-refractivity contribution >= 4 is 17.5 Å². The van der Waals surface area contributed by atoms with E-state index >= 15 is 0 Å². The molecule has 23 heavy (non-hydrogen) atoms. The first-order valence-corrected chi connectivity index (χ1v) is 9.42. The van der Waals surface area contributed by atoms with Gasteiger partial charge in [-0.2, -0.15) is 5.10 Å². The summed E-state index contributed by atoms with van der Waals surface area (Å²) in [5.74, 6) is 2.65. The molecule has 1 atom stereocenters. The fourth-order valence-electron chi connectivity index (χ4n) is 4.48. The number of hydrogen-bond acceptors (Lipinski definition) is 2. The summed E-state index contributed by atoms with van der Waals surface area (Å²) in [5.41, 5.74) is 2.03. The normalized spacial score (nSPS) is 24.7. The Morgan fingerprint density at radius 3 is 2.43 bits per heavy atom. The molecule has 3 aliphatic rings. The largest absolute Gasteiger partial charge is 0.335 e. The first kappa shape index (κ1) is 15.5. The number of likely N-dealkylation sites (tertiary alicyclic amines) is 1. The number of nitrogens with zero attached hydrogens (tertiary/aromatic N) is 3. The molecule has 0 bridgehead atoms. The molecule has 4 nitrogen and oxygen atoms in total. The van der Waals surface area contributed by atoms with Crippen LogP contribution in [0.3, 0.4) is 0 Å². The molecular formula is C18H26ClN3O. The topological polar surface area (TPSA) is 38.1 Å². The molecule has 1 aromatic heterocycles. The van der Waals surface area contributed by atoms with Crippen LogP contribution in [0.4, 0.5) is 0 Å². The Morgan fingerprint density at radius 1 is 1.26 bits per heavy atom. The van der Waals surface area contributed by atoms with Crippen molar-refractivity contribution in [3.8, 4) is 0 Å². The minimum Gasteiger partial charge on any atom is -0.335 e. The van der Waals surface area contributed by atoms with Crippen molar-refractivity contribution in [2.75, 3.05) is 6.54 Å². The number of hydrogen-bond donors (Lipinski definition) is 0. The zero-order valence-corrected chi connectivity index (χ0v) is 14.9. The summed E-state index contributed by atoms with van der Waals surface area (Å²) in [4.78, 5) is 15.1. The highest BCUT2D eigenvalue weighted by molar-refractivity contribution is 6.30. The van der Waals surface area contributed by atoms with Crippen molar-refractivity contribution in [1.82, 2.24) is 14.7 Å². The molecule has 0 unspecified atom stereocenters. The fourth-order valence-corrected chi connectivity index (χ4v) is 4.78. The van der Waals surface area contributed by atoms with Crippen LogP contribution < -0.4 is 0 Å². The summed E-state index contributed by atoms with van der Waals surface area (Å²) >= 11 is 6.45. The highest BCUT2D eigenvalue weighted by Gasteiger charge is 2.44. The van der Waals surface area contributed by atoms with Crippen molar-refractivity contribution < 1.29 is 4.79 Å². The molecule has 1 saturated heterocycles. The summed E-state index contributed by atoms with van der Waals surface area (Å²) in [6, 6.07) is 0.128. The molecule has 1 aliphatic heterocycles. The maximum absolute atomic E-state index is 13.0. The van der Waals surface area contributed by atoms with Crippen LogP contribution >= 0.6 is 11.6 Å². The minimum absolute atomic E-state index is 0.128. The van der Waals surface area contributed by atoms with Gasteiger partial charge in [0.2, 0.25) is 5.91 Å². The maximum Gasteiger partial charge on any atom is 0.223 e. The van der Waals surface area contributed by atoms with Gasteiger partial charge in [0.1, 0.15) is 5.15 Å². The maximum atomic E-state index is 13.0. The lowest BCUT2D eigenvalue weighted by atomic mass is 9.93. The Kier molecular flexibility index (Phi) is 3.91. The molecule has 1 amide bonds. The zero-order chi connectivity index (χ0) is 16.1. The van der Waals surface area contributed by atoms with Crippen molar-refractivity contribution in [2.45, 2.75) is 57.9 Å². The number of aromatic nitrogens is 2. The molecule has 0 radical (unpaired) electrons. The van der Waals surface area contributed by atoms with Crippen molar-refractivity contribution in [2.24, 2.45) is 24.8 Å². The van der Waals surface area contributed by atoms with Gasteiger partial charge in [0.25, 0.3) is 0 Å². The minimum atomic E-state index is 0.128. The molecule has 0 spiro atoms. The van der Waals surface area contributed by atoms with E-state index in [2.05, 4.69) is 10.00 Å². The Hall–Kier alpha value is -1.03. The lowest BCUT2D eigenvalue weighted by molar-refractivity contribution is -0.133. The van der Waals surface area contributed by atoms with E-state index in [9.17, 15) is 4.79 Å². The van der Waals surface area contributed by atoms with Gasteiger partial charge < -0.3 is 4.90 Å². The quantitative estimate of drug-likeness (QED) is 0.819. The molecule has 0 aromatic carbocycles. The van der Waals surface area contributed by atoms with E-state index in [1.54, 1.807) is 4.68 Å². The summed E-state index contributed by atoms with van der Waals surface area (Å²) in [5, 5.41) is 5.12. The van der Waals surface area contributed by atoms with Crippen LogP contribution in [0.15, 0.2) is 0 Å². The highest BCUT2D eigenvalue weighted by atomic mass is 35.5. The second kappa shape index (κ2) is 5.80. The Labute approximate surface area is 143 Å². The van der Waals surface area contributed by atoms with Gasteiger partial charge in [0.15, 0.2) is 0 Å². The second-order valence-electron chi connectivity index (χ2n) is 7.70. The number of amides is 1. The average Bonchev–Trinajstić information content (AvgIpc) is 3.42. The molecule has 126 valence electrons. The molecule has 0 N–H and O–H groups in total. The molecule has 3 fully saturated rings. The molecule has 1 aromatic rings. The van der Waals surface area contributed by atoms with Crippen LogP contribution in [0.5, 0.6) is 0 Å². The third-order valence-electron chi connectivity index (χ3n) is 5.97. The molecule has 2 heterocycles. The SMILES string of the molecule is Cc1nn(C)c(Cl)c1[C@H]1CCCN1C(=O)CC(C1CC1)C1CC1. The predicted molar refractivity (Wildman–Crippen MR) is 90.2 cm³/mol. The Morgan fingerprint density at radius 2 is 1.91 bits per heavy atom. The summed E-state index contributed by atoms with van der Waals surface area (Å²) in [6.07, 6.45) is 8.19. The number of carbonyl (C=O) groups is 1. The highest BCUT2D eigenvalue weighted by Crippen LogP contribution is 2.51. The first-order chi connectivity index (χ1) is 11.1. The molecular weight excluding hydrogens is 310 g/mol. The lowest BCUT2D eigenvalue weighted by Gasteiger charge is -2.27. The van der Waals surface area contributed by atoms with Crippen LogP contribution in [0, 0.1) is 24.7 Å². The van der Waals surface area contributed by atoms with Gasteiger partial charge in [-0.15, -0.1) is 0 Å². The third kappa shape index (κ3) is 2.90. The van der Waals surface area contributed by atoms with E-state index < -0.39 is 0 Å². The van der Waals surface area contributed by atoms with Gasteiger partial charge in [-0.05, 0) is 63.2 Å². The summed E-state index contributed by atoms with van der Waals surface area (Å²) in [7, 11) is 1.87. The van der Waals surface area contributed by atoms with Crippen LogP contribution in [0.1, 0.15) is 62.2 Å². The van der Waals surface area contributed by atoms with Crippen LogP contribution in [-0.4, -0.2) is 27.1 Å². The van der Waals surface area contributed by atoms with Gasteiger partial charge in [-0.25, -0.2) is 0 Å². The van der Waals surface area contributed by atoms with E-state index in [1.807, 2.05) is 14.0 Å². The van der Waals surface area contributed by atoms with Crippen LogP contribution in [0.25, 0.3) is 0 Å². The first-order valence-electron chi connectivity index (χ1n) is 9.04. The number of rotatable bonds is 5. The van der Waals surface area contributed by atoms with Gasteiger partial charge in [0.05, 0.1) is 11.7 Å². The number of aryl methyl sites for hydroxylation is 2. The summed E-state index contributed by atoms with van der Waals surface area (Å²) < 4.78 is 1.73. The molecule has 2 aliphatic carbocycles. The van der Waals surface area contributed by atoms with Gasteiger partial charge in [-0.1, -0.05) is 11.6 Å². The Balaban J connectivity index is 1.51. The van der Waals surface area contributed by atoms with Crippen LogP contribution in [-0.2, 0) is 11.8 Å². The van der Waals surface area contributed by atoms with E-state index in [0.717, 1.165) is 48.9 Å². The monoisotopic (exact) mass is 335 g/mol. The van der Waals surface area contributed by atoms with Gasteiger partial charge >= 0.3 is 0 Å². The third-order valence-corrected chi connectivity index (χ3v) is 6.42.